The Hall–Kier alpha value is -1.90. The van der Waals surface area contributed by atoms with Gasteiger partial charge in [-0.15, -0.1) is 0 Å². The van der Waals surface area contributed by atoms with Crippen molar-refractivity contribution in [3.63, 3.8) is 0 Å². The summed E-state index contributed by atoms with van der Waals surface area (Å²) in [5, 5.41) is 17.4. The standard InChI is InChI=1S/C8H6F2N2O2/c9-7(10)5-3-6(13)4(1-2-11)8(14)12-5/h3,7H,1H2,(H2,12,13,14). The molecule has 0 saturated heterocycles. The van der Waals surface area contributed by atoms with E-state index in [1.54, 1.807) is 6.07 Å². The predicted molar refractivity (Wildman–Crippen MR) is 43.0 cm³/mol. The average Bonchev–Trinajstić information content (AvgIpc) is 2.10. The molecular formula is C8H6F2N2O2. The molecule has 0 atom stereocenters. The molecule has 0 amide bonds. The first kappa shape index (κ1) is 10.2. The fourth-order valence-electron chi connectivity index (χ4n) is 0.961. The summed E-state index contributed by atoms with van der Waals surface area (Å²) < 4.78 is 24.2. The number of H-pyrrole nitrogens is 1. The van der Waals surface area contributed by atoms with E-state index < -0.39 is 23.4 Å². The van der Waals surface area contributed by atoms with Gasteiger partial charge in [0, 0.05) is 6.07 Å². The van der Waals surface area contributed by atoms with Crippen molar-refractivity contribution >= 4 is 0 Å². The molecule has 0 radical (unpaired) electrons. The molecule has 0 spiro atoms. The maximum absolute atomic E-state index is 12.1. The lowest BCUT2D eigenvalue weighted by molar-refractivity contribution is 0.145. The summed E-state index contributed by atoms with van der Waals surface area (Å²) in [6.07, 6.45) is -3.17. The third-order valence-electron chi connectivity index (χ3n) is 1.62. The molecule has 0 bridgehead atoms. The number of alkyl halides is 2. The highest BCUT2D eigenvalue weighted by atomic mass is 19.3. The third kappa shape index (κ3) is 1.88. The second-order valence-corrected chi connectivity index (χ2v) is 2.55. The lowest BCUT2D eigenvalue weighted by atomic mass is 10.2. The summed E-state index contributed by atoms with van der Waals surface area (Å²) in [6, 6.07) is 2.40. The number of halogens is 2. The molecular weight excluding hydrogens is 194 g/mol. The molecule has 74 valence electrons. The molecule has 0 saturated carbocycles. The van der Waals surface area contributed by atoms with Gasteiger partial charge < -0.3 is 10.1 Å². The smallest absolute Gasteiger partial charge is 0.278 e. The predicted octanol–water partition coefficient (Wildman–Crippen LogP) is 1.08. The van der Waals surface area contributed by atoms with E-state index in [4.69, 9.17) is 10.4 Å². The summed E-state index contributed by atoms with van der Waals surface area (Å²) in [4.78, 5) is 12.9. The highest BCUT2D eigenvalue weighted by Crippen LogP contribution is 2.20. The summed E-state index contributed by atoms with van der Waals surface area (Å²) in [6.45, 7) is 0. The van der Waals surface area contributed by atoms with E-state index in [9.17, 15) is 13.6 Å². The van der Waals surface area contributed by atoms with Crippen molar-refractivity contribution in [2.24, 2.45) is 0 Å². The molecule has 0 aliphatic carbocycles. The van der Waals surface area contributed by atoms with Crippen LogP contribution in [0.25, 0.3) is 0 Å². The molecule has 0 aromatic carbocycles. The van der Waals surface area contributed by atoms with Crippen LogP contribution in [0.5, 0.6) is 5.75 Å². The number of nitriles is 1. The Balaban J connectivity index is 3.27. The maximum atomic E-state index is 12.1. The van der Waals surface area contributed by atoms with Gasteiger partial charge in [0.2, 0.25) is 0 Å². The Morgan fingerprint density at radius 3 is 2.71 bits per heavy atom. The molecule has 1 aromatic heterocycles. The van der Waals surface area contributed by atoms with Gasteiger partial charge in [0.15, 0.2) is 0 Å². The lowest BCUT2D eigenvalue weighted by Gasteiger charge is -2.03. The van der Waals surface area contributed by atoms with Gasteiger partial charge in [-0.05, 0) is 0 Å². The van der Waals surface area contributed by atoms with Crippen LogP contribution in [0, 0.1) is 11.3 Å². The molecule has 4 nitrogen and oxygen atoms in total. The highest BCUT2D eigenvalue weighted by molar-refractivity contribution is 5.33. The number of aromatic nitrogens is 1. The second-order valence-electron chi connectivity index (χ2n) is 2.55. The molecule has 1 rings (SSSR count). The Morgan fingerprint density at radius 2 is 2.29 bits per heavy atom. The van der Waals surface area contributed by atoms with Crippen molar-refractivity contribution in [2.45, 2.75) is 12.8 Å². The van der Waals surface area contributed by atoms with Crippen LogP contribution in [-0.2, 0) is 6.42 Å². The quantitative estimate of drug-likeness (QED) is 0.749. The van der Waals surface area contributed by atoms with Crippen LogP contribution in [-0.4, -0.2) is 10.1 Å². The Kier molecular flexibility index (Phi) is 2.82. The highest BCUT2D eigenvalue weighted by Gasteiger charge is 2.13. The van der Waals surface area contributed by atoms with E-state index in [0.29, 0.717) is 0 Å². The summed E-state index contributed by atoms with van der Waals surface area (Å²) in [5.41, 5.74) is -1.71. The first-order chi connectivity index (χ1) is 6.56. The molecule has 14 heavy (non-hydrogen) atoms. The molecule has 6 heteroatoms. The van der Waals surface area contributed by atoms with Gasteiger partial charge in [-0.1, -0.05) is 0 Å². The zero-order valence-corrected chi connectivity index (χ0v) is 6.92. The van der Waals surface area contributed by atoms with Crippen LogP contribution in [0.15, 0.2) is 10.9 Å². The molecule has 2 N–H and O–H groups in total. The van der Waals surface area contributed by atoms with Crippen molar-refractivity contribution in [1.29, 1.82) is 5.26 Å². The molecule has 0 aliphatic rings. The molecule has 1 aromatic rings. The minimum atomic E-state index is -2.86. The lowest BCUT2D eigenvalue weighted by Crippen LogP contribution is -2.14. The van der Waals surface area contributed by atoms with E-state index in [0.717, 1.165) is 6.07 Å². The minimum absolute atomic E-state index is 0.197. The maximum Gasteiger partial charge on any atom is 0.278 e. The Morgan fingerprint density at radius 1 is 1.64 bits per heavy atom. The zero-order valence-electron chi connectivity index (χ0n) is 6.92. The molecule has 0 unspecified atom stereocenters. The van der Waals surface area contributed by atoms with Crippen molar-refractivity contribution in [2.75, 3.05) is 0 Å². The topological polar surface area (TPSA) is 76.9 Å². The number of nitrogens with one attached hydrogen (secondary N) is 1. The largest absolute Gasteiger partial charge is 0.507 e. The second kappa shape index (κ2) is 3.87. The minimum Gasteiger partial charge on any atom is -0.507 e. The van der Waals surface area contributed by atoms with Crippen LogP contribution in [0.3, 0.4) is 0 Å². The fraction of sp³-hybridized carbons (Fsp3) is 0.250. The van der Waals surface area contributed by atoms with E-state index in [2.05, 4.69) is 0 Å². The summed E-state index contributed by atoms with van der Waals surface area (Å²) in [7, 11) is 0. The third-order valence-corrected chi connectivity index (χ3v) is 1.62. The van der Waals surface area contributed by atoms with Gasteiger partial charge in [0.05, 0.1) is 23.7 Å². The number of hydrogen-bond donors (Lipinski definition) is 2. The van der Waals surface area contributed by atoms with Gasteiger partial charge in [0.1, 0.15) is 5.75 Å². The first-order valence-corrected chi connectivity index (χ1v) is 3.66. The zero-order chi connectivity index (χ0) is 10.7. The average molecular weight is 200 g/mol. The van der Waals surface area contributed by atoms with E-state index in [1.165, 1.54) is 0 Å². The summed E-state index contributed by atoms with van der Waals surface area (Å²) in [5.74, 6) is -0.578. The van der Waals surface area contributed by atoms with Crippen LogP contribution in [0.2, 0.25) is 0 Å². The Labute approximate surface area is 77.4 Å². The van der Waals surface area contributed by atoms with Crippen molar-refractivity contribution in [3.05, 3.63) is 27.7 Å². The van der Waals surface area contributed by atoms with Gasteiger partial charge in [0.25, 0.3) is 12.0 Å². The van der Waals surface area contributed by atoms with Gasteiger partial charge in [-0.3, -0.25) is 4.79 Å². The van der Waals surface area contributed by atoms with E-state index in [1.807, 2.05) is 4.98 Å². The first-order valence-electron chi connectivity index (χ1n) is 3.66. The monoisotopic (exact) mass is 200 g/mol. The molecule has 0 fully saturated rings. The van der Waals surface area contributed by atoms with Gasteiger partial charge >= 0.3 is 0 Å². The van der Waals surface area contributed by atoms with E-state index in [-0.39, 0.29) is 12.0 Å². The van der Waals surface area contributed by atoms with Crippen LogP contribution in [0.4, 0.5) is 8.78 Å². The van der Waals surface area contributed by atoms with Gasteiger partial charge in [-0.2, -0.15) is 5.26 Å². The Bertz CT molecular complexity index is 434. The number of hydrogen-bond acceptors (Lipinski definition) is 3. The van der Waals surface area contributed by atoms with E-state index >= 15 is 0 Å². The van der Waals surface area contributed by atoms with Crippen LogP contribution >= 0.6 is 0 Å². The number of aromatic amines is 1. The van der Waals surface area contributed by atoms with Crippen LogP contribution < -0.4 is 5.56 Å². The van der Waals surface area contributed by atoms with Gasteiger partial charge in [-0.25, -0.2) is 8.78 Å². The van der Waals surface area contributed by atoms with Crippen molar-refractivity contribution in [3.8, 4) is 11.8 Å². The summed E-state index contributed by atoms with van der Waals surface area (Å²) >= 11 is 0. The normalized spacial score (nSPS) is 10.1. The van der Waals surface area contributed by atoms with Crippen molar-refractivity contribution in [1.82, 2.24) is 4.98 Å². The number of aromatic hydroxyl groups is 1. The molecule has 0 aliphatic heterocycles. The number of nitrogens with zero attached hydrogens (tertiary/aromatic N) is 1. The van der Waals surface area contributed by atoms with Crippen molar-refractivity contribution < 1.29 is 13.9 Å². The fourth-order valence-corrected chi connectivity index (χ4v) is 0.961. The number of pyridine rings is 1. The SMILES string of the molecule is N#CCc1c(O)cc(C(F)F)[nH]c1=O. The van der Waals surface area contributed by atoms with Crippen LogP contribution in [0.1, 0.15) is 17.7 Å². The molecule has 1 heterocycles. The number of rotatable bonds is 2.